The summed E-state index contributed by atoms with van der Waals surface area (Å²) in [6.45, 7) is 0. The lowest BCUT2D eigenvalue weighted by atomic mass is 10.1. The first-order valence-corrected chi connectivity index (χ1v) is 6.63. The molecule has 3 rings (SSSR count). The fraction of sp³-hybridized carbons (Fsp3) is 0.118. The SMILES string of the molecule is COC(=O)c1cc2ncc(Cc3ccccc3)cc2cn1. The second-order valence-electron chi connectivity index (χ2n) is 4.76. The minimum Gasteiger partial charge on any atom is -0.464 e. The number of fused-ring (bicyclic) bond motifs is 1. The second kappa shape index (κ2) is 5.71. The molecule has 3 aromatic rings. The fourth-order valence-corrected chi connectivity index (χ4v) is 2.21. The van der Waals surface area contributed by atoms with Crippen LogP contribution in [0.5, 0.6) is 0 Å². The van der Waals surface area contributed by atoms with Gasteiger partial charge in [0.25, 0.3) is 0 Å². The Bertz CT molecular complexity index is 785. The van der Waals surface area contributed by atoms with Crippen LogP contribution >= 0.6 is 0 Å². The minimum atomic E-state index is -0.452. The molecule has 0 bridgehead atoms. The Kier molecular flexibility index (Phi) is 3.60. The maximum absolute atomic E-state index is 11.5. The standard InChI is InChI=1S/C17H14N2O2/c1-21-17(20)16-9-15-14(11-19-16)8-13(10-18-15)7-12-5-3-2-4-6-12/h2-6,8-11H,7H2,1H3. The molecular formula is C17H14N2O2. The highest BCUT2D eigenvalue weighted by molar-refractivity contribution is 5.91. The summed E-state index contributed by atoms with van der Waals surface area (Å²) in [5.74, 6) is -0.452. The summed E-state index contributed by atoms with van der Waals surface area (Å²) in [4.78, 5) is 20.0. The predicted octanol–water partition coefficient (Wildman–Crippen LogP) is 3.01. The van der Waals surface area contributed by atoms with Gasteiger partial charge in [-0.15, -0.1) is 0 Å². The van der Waals surface area contributed by atoms with Crippen molar-refractivity contribution in [3.8, 4) is 0 Å². The van der Waals surface area contributed by atoms with Crippen LogP contribution in [-0.4, -0.2) is 23.0 Å². The highest BCUT2D eigenvalue weighted by atomic mass is 16.5. The summed E-state index contributed by atoms with van der Waals surface area (Å²) in [5, 5.41) is 0.913. The third-order valence-corrected chi connectivity index (χ3v) is 3.27. The average molecular weight is 278 g/mol. The topological polar surface area (TPSA) is 52.1 Å². The normalized spacial score (nSPS) is 10.5. The molecule has 4 nitrogen and oxygen atoms in total. The lowest BCUT2D eigenvalue weighted by Crippen LogP contribution is -2.04. The van der Waals surface area contributed by atoms with E-state index >= 15 is 0 Å². The van der Waals surface area contributed by atoms with Crippen LogP contribution in [-0.2, 0) is 11.2 Å². The van der Waals surface area contributed by atoms with Gasteiger partial charge in [0.05, 0.1) is 12.6 Å². The molecule has 0 N–H and O–H groups in total. The lowest BCUT2D eigenvalue weighted by molar-refractivity contribution is 0.0594. The van der Waals surface area contributed by atoms with E-state index in [1.54, 1.807) is 12.3 Å². The van der Waals surface area contributed by atoms with Gasteiger partial charge in [-0.05, 0) is 29.7 Å². The van der Waals surface area contributed by atoms with Crippen LogP contribution < -0.4 is 0 Å². The van der Waals surface area contributed by atoms with Gasteiger partial charge in [-0.2, -0.15) is 0 Å². The Morgan fingerprint density at radius 1 is 1.05 bits per heavy atom. The number of aromatic nitrogens is 2. The van der Waals surface area contributed by atoms with Crippen molar-refractivity contribution in [3.05, 3.63) is 71.7 Å². The molecule has 0 atom stereocenters. The van der Waals surface area contributed by atoms with Crippen molar-refractivity contribution >= 4 is 16.9 Å². The first-order chi connectivity index (χ1) is 10.3. The van der Waals surface area contributed by atoms with Crippen molar-refractivity contribution in [1.29, 1.82) is 0 Å². The number of methoxy groups -OCH3 is 1. The number of hydrogen-bond donors (Lipinski definition) is 0. The van der Waals surface area contributed by atoms with Crippen LogP contribution in [0, 0.1) is 0 Å². The number of carbonyl (C=O) groups is 1. The highest BCUT2D eigenvalue weighted by Gasteiger charge is 2.08. The van der Waals surface area contributed by atoms with Gasteiger partial charge < -0.3 is 4.74 Å². The summed E-state index contributed by atoms with van der Waals surface area (Å²) in [6.07, 6.45) is 4.31. The number of ether oxygens (including phenoxy) is 1. The van der Waals surface area contributed by atoms with Gasteiger partial charge in [-0.1, -0.05) is 30.3 Å². The number of carbonyl (C=O) groups excluding carboxylic acids is 1. The third-order valence-electron chi connectivity index (χ3n) is 3.27. The fourth-order valence-electron chi connectivity index (χ4n) is 2.21. The van der Waals surface area contributed by atoms with Crippen molar-refractivity contribution in [3.63, 3.8) is 0 Å². The quantitative estimate of drug-likeness (QED) is 0.691. The Balaban J connectivity index is 1.92. The molecule has 0 aliphatic rings. The maximum Gasteiger partial charge on any atom is 0.356 e. The zero-order chi connectivity index (χ0) is 14.7. The summed E-state index contributed by atoms with van der Waals surface area (Å²) in [5.41, 5.74) is 3.36. The lowest BCUT2D eigenvalue weighted by Gasteiger charge is -2.04. The van der Waals surface area contributed by atoms with E-state index in [0.717, 1.165) is 22.9 Å². The van der Waals surface area contributed by atoms with Crippen LogP contribution in [0.15, 0.2) is 54.9 Å². The van der Waals surface area contributed by atoms with Gasteiger partial charge in [0.2, 0.25) is 0 Å². The van der Waals surface area contributed by atoms with Crippen molar-refractivity contribution < 1.29 is 9.53 Å². The van der Waals surface area contributed by atoms with Crippen LogP contribution in [0.25, 0.3) is 10.9 Å². The molecule has 104 valence electrons. The van der Waals surface area contributed by atoms with Crippen molar-refractivity contribution in [2.24, 2.45) is 0 Å². The smallest absolute Gasteiger partial charge is 0.356 e. The molecule has 0 spiro atoms. The van der Waals surface area contributed by atoms with Gasteiger partial charge in [0.15, 0.2) is 5.69 Å². The third kappa shape index (κ3) is 2.89. The molecule has 1 aromatic carbocycles. The van der Waals surface area contributed by atoms with E-state index in [1.807, 2.05) is 30.5 Å². The average Bonchev–Trinajstić information content (AvgIpc) is 2.54. The Morgan fingerprint density at radius 2 is 1.86 bits per heavy atom. The van der Waals surface area contributed by atoms with E-state index in [1.165, 1.54) is 12.7 Å². The van der Waals surface area contributed by atoms with Crippen LogP contribution in [0.1, 0.15) is 21.6 Å². The minimum absolute atomic E-state index is 0.272. The van der Waals surface area contributed by atoms with E-state index in [9.17, 15) is 4.79 Å². The molecule has 0 amide bonds. The van der Waals surface area contributed by atoms with Crippen LogP contribution in [0.4, 0.5) is 0 Å². The van der Waals surface area contributed by atoms with Gasteiger partial charge in [0, 0.05) is 17.8 Å². The molecule has 0 radical (unpaired) electrons. The van der Waals surface area contributed by atoms with Crippen molar-refractivity contribution in [1.82, 2.24) is 9.97 Å². The maximum atomic E-state index is 11.5. The van der Waals surface area contributed by atoms with E-state index < -0.39 is 5.97 Å². The summed E-state index contributed by atoms with van der Waals surface area (Å²) in [6, 6.07) is 13.9. The number of nitrogens with zero attached hydrogens (tertiary/aromatic N) is 2. The van der Waals surface area contributed by atoms with Crippen LogP contribution in [0.2, 0.25) is 0 Å². The van der Waals surface area contributed by atoms with Crippen molar-refractivity contribution in [2.75, 3.05) is 7.11 Å². The molecule has 0 aliphatic heterocycles. The Labute approximate surface area is 122 Å². The number of benzene rings is 1. The summed E-state index contributed by atoms with van der Waals surface area (Å²) in [7, 11) is 1.34. The van der Waals surface area contributed by atoms with Gasteiger partial charge >= 0.3 is 5.97 Å². The molecule has 21 heavy (non-hydrogen) atoms. The van der Waals surface area contributed by atoms with E-state index in [2.05, 4.69) is 26.8 Å². The Hall–Kier alpha value is -2.75. The van der Waals surface area contributed by atoms with E-state index in [-0.39, 0.29) is 5.69 Å². The molecule has 0 unspecified atom stereocenters. The van der Waals surface area contributed by atoms with E-state index in [4.69, 9.17) is 0 Å². The van der Waals surface area contributed by atoms with Gasteiger partial charge in [-0.3, -0.25) is 4.98 Å². The molecule has 0 saturated carbocycles. The second-order valence-corrected chi connectivity index (χ2v) is 4.76. The number of rotatable bonds is 3. The van der Waals surface area contributed by atoms with Gasteiger partial charge in [0.1, 0.15) is 0 Å². The molecular weight excluding hydrogens is 264 g/mol. The van der Waals surface area contributed by atoms with Crippen LogP contribution in [0.3, 0.4) is 0 Å². The number of pyridine rings is 2. The number of esters is 1. The summed E-state index contributed by atoms with van der Waals surface area (Å²) < 4.78 is 4.66. The first kappa shape index (κ1) is 13.2. The summed E-state index contributed by atoms with van der Waals surface area (Å²) >= 11 is 0. The molecule has 2 aromatic heterocycles. The zero-order valence-electron chi connectivity index (χ0n) is 11.6. The molecule has 0 aliphatic carbocycles. The first-order valence-electron chi connectivity index (χ1n) is 6.63. The van der Waals surface area contributed by atoms with Gasteiger partial charge in [-0.25, -0.2) is 9.78 Å². The molecule has 0 fully saturated rings. The molecule has 4 heteroatoms. The predicted molar refractivity (Wildman–Crippen MR) is 80.1 cm³/mol. The Morgan fingerprint density at radius 3 is 2.62 bits per heavy atom. The molecule has 0 saturated heterocycles. The monoisotopic (exact) mass is 278 g/mol. The van der Waals surface area contributed by atoms with Crippen molar-refractivity contribution in [2.45, 2.75) is 6.42 Å². The largest absolute Gasteiger partial charge is 0.464 e. The van der Waals surface area contributed by atoms with E-state index in [0.29, 0.717) is 0 Å². The number of hydrogen-bond acceptors (Lipinski definition) is 4. The molecule has 2 heterocycles. The highest BCUT2D eigenvalue weighted by Crippen LogP contribution is 2.16. The zero-order valence-corrected chi connectivity index (χ0v) is 11.6.